The summed E-state index contributed by atoms with van der Waals surface area (Å²) >= 11 is 1.65. The molecular formula is C16H17N3OS. The Bertz CT molecular complexity index is 646. The second-order valence-corrected chi connectivity index (χ2v) is 5.65. The molecule has 1 heterocycles. The second-order valence-electron chi connectivity index (χ2n) is 4.87. The molecule has 0 aliphatic heterocycles. The first-order valence-electron chi connectivity index (χ1n) is 6.63. The molecule has 108 valence electrons. The normalized spacial score (nSPS) is 11.9. The number of carbonyl (C=O) groups excluding carboxylic acids is 1. The van der Waals surface area contributed by atoms with E-state index in [1.54, 1.807) is 35.6 Å². The van der Waals surface area contributed by atoms with Crippen molar-refractivity contribution in [2.45, 2.75) is 19.5 Å². The smallest absolute Gasteiger partial charge is 0.241 e. The summed E-state index contributed by atoms with van der Waals surface area (Å²) in [4.78, 5) is 14.3. The topological polar surface area (TPSA) is 56.1 Å². The van der Waals surface area contributed by atoms with Crippen molar-refractivity contribution in [1.29, 1.82) is 5.26 Å². The highest BCUT2D eigenvalue weighted by Gasteiger charge is 2.19. The van der Waals surface area contributed by atoms with Crippen LogP contribution in [-0.4, -0.2) is 23.9 Å². The van der Waals surface area contributed by atoms with E-state index in [2.05, 4.69) is 22.8 Å². The van der Waals surface area contributed by atoms with Gasteiger partial charge in [-0.2, -0.15) is 16.6 Å². The highest BCUT2D eigenvalue weighted by Crippen LogP contribution is 2.15. The third kappa shape index (κ3) is 3.91. The maximum absolute atomic E-state index is 12.3. The van der Waals surface area contributed by atoms with Crippen LogP contribution in [0.1, 0.15) is 18.1 Å². The molecule has 1 atom stereocenters. The number of anilines is 1. The van der Waals surface area contributed by atoms with Gasteiger partial charge in [0.1, 0.15) is 6.07 Å². The van der Waals surface area contributed by atoms with Crippen LogP contribution in [0.25, 0.3) is 0 Å². The van der Waals surface area contributed by atoms with Gasteiger partial charge >= 0.3 is 0 Å². The molecule has 0 radical (unpaired) electrons. The van der Waals surface area contributed by atoms with Crippen molar-refractivity contribution in [2.75, 3.05) is 12.4 Å². The molecule has 1 aromatic heterocycles. The van der Waals surface area contributed by atoms with Crippen molar-refractivity contribution in [3.05, 3.63) is 52.2 Å². The molecule has 0 bridgehead atoms. The molecule has 21 heavy (non-hydrogen) atoms. The van der Waals surface area contributed by atoms with Gasteiger partial charge < -0.3 is 5.32 Å². The molecule has 5 heteroatoms. The highest BCUT2D eigenvalue weighted by molar-refractivity contribution is 7.07. The molecule has 0 aliphatic carbocycles. The minimum absolute atomic E-state index is 0.115. The highest BCUT2D eigenvalue weighted by atomic mass is 32.1. The summed E-state index contributed by atoms with van der Waals surface area (Å²) in [5.74, 6) is -0.115. The lowest BCUT2D eigenvalue weighted by atomic mass is 10.1. The van der Waals surface area contributed by atoms with Crippen LogP contribution < -0.4 is 5.32 Å². The van der Waals surface area contributed by atoms with Crippen LogP contribution >= 0.6 is 11.3 Å². The monoisotopic (exact) mass is 299 g/mol. The summed E-state index contributed by atoms with van der Waals surface area (Å²) < 4.78 is 0. The Labute approximate surface area is 128 Å². The van der Waals surface area contributed by atoms with Crippen LogP contribution in [0.15, 0.2) is 41.1 Å². The number of nitrogens with one attached hydrogen (secondary N) is 1. The zero-order valence-electron chi connectivity index (χ0n) is 12.0. The van der Waals surface area contributed by atoms with Gasteiger partial charge in [0.05, 0.1) is 17.3 Å². The first kappa shape index (κ1) is 15.2. The van der Waals surface area contributed by atoms with Crippen LogP contribution in [0.2, 0.25) is 0 Å². The maximum Gasteiger partial charge on any atom is 0.241 e. The molecule has 0 unspecified atom stereocenters. The molecule has 0 saturated heterocycles. The SMILES string of the molecule is C[C@@H](C(=O)Nc1ccccc1C#N)N(C)Cc1ccsc1. The van der Waals surface area contributed by atoms with Gasteiger partial charge in [0.15, 0.2) is 0 Å². The number of nitriles is 1. The molecule has 0 spiro atoms. The molecule has 0 fully saturated rings. The number of amides is 1. The fourth-order valence-electron chi connectivity index (χ4n) is 1.93. The lowest BCUT2D eigenvalue weighted by Crippen LogP contribution is -2.39. The first-order chi connectivity index (χ1) is 10.1. The van der Waals surface area contributed by atoms with Gasteiger partial charge in [0.2, 0.25) is 5.91 Å². The number of rotatable bonds is 5. The van der Waals surface area contributed by atoms with Crippen LogP contribution in [0.5, 0.6) is 0 Å². The number of thiophene rings is 1. The predicted octanol–water partition coefficient (Wildman–Crippen LogP) is 3.08. The van der Waals surface area contributed by atoms with E-state index in [-0.39, 0.29) is 11.9 Å². The number of hydrogen-bond donors (Lipinski definition) is 1. The van der Waals surface area contributed by atoms with E-state index >= 15 is 0 Å². The molecule has 2 rings (SSSR count). The van der Waals surface area contributed by atoms with Crippen LogP contribution in [-0.2, 0) is 11.3 Å². The van der Waals surface area contributed by atoms with Crippen LogP contribution in [0.3, 0.4) is 0 Å². The van der Waals surface area contributed by atoms with E-state index in [0.717, 1.165) is 6.54 Å². The lowest BCUT2D eigenvalue weighted by molar-refractivity contribution is -0.120. The summed E-state index contributed by atoms with van der Waals surface area (Å²) in [5, 5.41) is 16.0. The van der Waals surface area contributed by atoms with Gasteiger partial charge in [0.25, 0.3) is 0 Å². The van der Waals surface area contributed by atoms with E-state index in [9.17, 15) is 4.79 Å². The van der Waals surface area contributed by atoms with Gasteiger partial charge in [-0.05, 0) is 48.5 Å². The standard InChI is InChI=1S/C16H17N3OS/c1-12(19(2)10-13-7-8-21-11-13)16(20)18-15-6-4-3-5-14(15)9-17/h3-8,11-12H,10H2,1-2H3,(H,18,20)/t12-/m0/s1. The number of likely N-dealkylation sites (N-methyl/N-ethyl adjacent to an activating group) is 1. The molecule has 0 aliphatic rings. The fourth-order valence-corrected chi connectivity index (χ4v) is 2.59. The van der Waals surface area contributed by atoms with E-state index in [0.29, 0.717) is 11.3 Å². The maximum atomic E-state index is 12.3. The Hall–Kier alpha value is -2.16. The van der Waals surface area contributed by atoms with Crippen molar-refractivity contribution in [1.82, 2.24) is 4.90 Å². The summed E-state index contributed by atoms with van der Waals surface area (Å²) in [6, 6.07) is 10.9. The van der Waals surface area contributed by atoms with E-state index in [1.807, 2.05) is 24.3 Å². The van der Waals surface area contributed by atoms with Gasteiger partial charge in [-0.15, -0.1) is 0 Å². The number of nitrogens with zero attached hydrogens (tertiary/aromatic N) is 2. The van der Waals surface area contributed by atoms with E-state index in [1.165, 1.54) is 5.56 Å². The zero-order chi connectivity index (χ0) is 15.2. The Morgan fingerprint density at radius 2 is 2.19 bits per heavy atom. The third-order valence-corrected chi connectivity index (χ3v) is 4.09. The first-order valence-corrected chi connectivity index (χ1v) is 7.57. The van der Waals surface area contributed by atoms with E-state index in [4.69, 9.17) is 5.26 Å². The molecular weight excluding hydrogens is 282 g/mol. The Kier molecular flexibility index (Phi) is 5.09. The average Bonchev–Trinajstić information content (AvgIpc) is 2.99. The summed E-state index contributed by atoms with van der Waals surface area (Å²) in [7, 11) is 1.91. The lowest BCUT2D eigenvalue weighted by Gasteiger charge is -2.23. The molecule has 2 aromatic rings. The molecule has 1 amide bonds. The molecule has 0 saturated carbocycles. The Morgan fingerprint density at radius 1 is 1.43 bits per heavy atom. The van der Waals surface area contributed by atoms with Crippen molar-refractivity contribution in [3.63, 3.8) is 0 Å². The Balaban J connectivity index is 2.01. The minimum Gasteiger partial charge on any atom is -0.324 e. The fraction of sp³-hybridized carbons (Fsp3) is 0.250. The second kappa shape index (κ2) is 7.02. The Morgan fingerprint density at radius 3 is 2.86 bits per heavy atom. The summed E-state index contributed by atoms with van der Waals surface area (Å²) in [6.45, 7) is 2.58. The van der Waals surface area contributed by atoms with Gasteiger partial charge in [-0.1, -0.05) is 12.1 Å². The molecule has 4 nitrogen and oxygen atoms in total. The van der Waals surface area contributed by atoms with Crippen molar-refractivity contribution in [3.8, 4) is 6.07 Å². The quantitative estimate of drug-likeness (QED) is 0.923. The van der Waals surface area contributed by atoms with E-state index < -0.39 is 0 Å². The van der Waals surface area contributed by atoms with Crippen LogP contribution in [0, 0.1) is 11.3 Å². The minimum atomic E-state index is -0.281. The average molecular weight is 299 g/mol. The zero-order valence-corrected chi connectivity index (χ0v) is 12.9. The molecule has 1 N–H and O–H groups in total. The van der Waals surface area contributed by atoms with Crippen LogP contribution in [0.4, 0.5) is 5.69 Å². The molecule has 1 aromatic carbocycles. The summed E-state index contributed by atoms with van der Waals surface area (Å²) in [5.41, 5.74) is 2.22. The number of hydrogen-bond acceptors (Lipinski definition) is 4. The third-order valence-electron chi connectivity index (χ3n) is 3.36. The number of benzene rings is 1. The summed E-state index contributed by atoms with van der Waals surface area (Å²) in [6.07, 6.45) is 0. The van der Waals surface area contributed by atoms with Crippen molar-refractivity contribution in [2.24, 2.45) is 0 Å². The largest absolute Gasteiger partial charge is 0.324 e. The van der Waals surface area contributed by atoms with Gasteiger partial charge in [-0.3, -0.25) is 9.69 Å². The number of carbonyl (C=O) groups is 1. The van der Waals surface area contributed by atoms with Gasteiger partial charge in [-0.25, -0.2) is 0 Å². The van der Waals surface area contributed by atoms with Gasteiger partial charge in [0, 0.05) is 6.54 Å². The van der Waals surface area contributed by atoms with Crippen molar-refractivity contribution < 1.29 is 4.79 Å². The number of para-hydroxylation sites is 1. The van der Waals surface area contributed by atoms with Crippen molar-refractivity contribution >= 4 is 22.9 Å². The predicted molar refractivity (Wildman–Crippen MR) is 85.0 cm³/mol.